The second-order valence-corrected chi connectivity index (χ2v) is 9.31. The number of likely N-dealkylation sites (N-methyl/N-ethyl adjacent to an activating group) is 1. The predicted octanol–water partition coefficient (Wildman–Crippen LogP) is 0.949. The number of ether oxygens (including phenoxy) is 1. The van der Waals surface area contributed by atoms with Crippen molar-refractivity contribution in [3.8, 4) is 0 Å². The number of quaternary nitrogens is 1. The topological polar surface area (TPSA) is 114 Å². The summed E-state index contributed by atoms with van der Waals surface area (Å²) in [6.45, 7) is -0.402. The molecule has 3 N–H and O–H groups in total. The Labute approximate surface area is 216 Å². The smallest absolute Gasteiger partial charge is 0.306 e. The molecule has 0 aromatic heterocycles. The van der Waals surface area contributed by atoms with E-state index in [1.165, 1.54) is 0 Å². The molecule has 0 heterocycles. The van der Waals surface area contributed by atoms with Crippen LogP contribution in [-0.2, 0) is 30.5 Å². The number of carbonyl (C=O) groups excluding carboxylic acids is 4. The number of hydrogen-bond acceptors (Lipinski definition) is 6. The normalized spacial score (nSPS) is 12.0. The Bertz CT molecular complexity index is 978. The van der Waals surface area contributed by atoms with Crippen LogP contribution in [0.25, 0.3) is 0 Å². The number of halogens is 5. The highest BCUT2D eigenvalue weighted by molar-refractivity contribution is 7.80. The zero-order valence-electron chi connectivity index (χ0n) is 20.6. The van der Waals surface area contributed by atoms with Crippen LogP contribution >= 0.6 is 12.6 Å². The largest absolute Gasteiger partial charge is 0.461 e. The first-order valence-electron chi connectivity index (χ1n) is 11.1. The van der Waals surface area contributed by atoms with E-state index in [0.29, 0.717) is 17.6 Å². The molecule has 15 heteroatoms. The van der Waals surface area contributed by atoms with Gasteiger partial charge in [0.1, 0.15) is 12.6 Å². The van der Waals surface area contributed by atoms with Gasteiger partial charge >= 0.3 is 5.97 Å². The van der Waals surface area contributed by atoms with Crippen molar-refractivity contribution in [3.05, 3.63) is 34.6 Å². The van der Waals surface area contributed by atoms with Crippen LogP contribution in [0, 0.1) is 29.1 Å². The summed E-state index contributed by atoms with van der Waals surface area (Å²) < 4.78 is 71.8. The van der Waals surface area contributed by atoms with Crippen molar-refractivity contribution in [2.24, 2.45) is 0 Å². The summed E-state index contributed by atoms with van der Waals surface area (Å²) in [5.41, 5.74) is -1.30. The number of benzene rings is 1. The summed E-state index contributed by atoms with van der Waals surface area (Å²) in [7, 11) is 5.87. The van der Waals surface area contributed by atoms with Gasteiger partial charge in [0, 0.05) is 18.6 Å². The molecular weight excluding hydrogens is 527 g/mol. The van der Waals surface area contributed by atoms with Crippen LogP contribution in [0.5, 0.6) is 0 Å². The van der Waals surface area contributed by atoms with E-state index in [0.717, 1.165) is 0 Å². The van der Waals surface area contributed by atoms with E-state index < -0.39 is 77.4 Å². The highest BCUT2D eigenvalue weighted by Crippen LogP contribution is 2.23. The number of carbonyl (C=O) groups is 4. The standard InChI is InChI=1S/C22H29F5N4O5S/c1-31(2,3)8-7-28-15(33)9-29-22(35)13(11-37)30-14(32)5-4-6-16(34)36-10-12-17(23)19(25)21(27)20(26)18(12)24/h13H,4-11H2,1-3H3,(H3-,28,29,30,32,33,35,37)/p+1. The lowest BCUT2D eigenvalue weighted by Crippen LogP contribution is -2.50. The van der Waals surface area contributed by atoms with Crippen molar-refractivity contribution in [3.63, 3.8) is 0 Å². The monoisotopic (exact) mass is 557 g/mol. The molecule has 0 saturated heterocycles. The maximum Gasteiger partial charge on any atom is 0.306 e. The molecular formula is C22H30F5N4O5S+. The fraction of sp³-hybridized carbons (Fsp3) is 0.545. The van der Waals surface area contributed by atoms with Crippen LogP contribution in [0.4, 0.5) is 22.0 Å². The van der Waals surface area contributed by atoms with Crippen molar-refractivity contribution in [1.82, 2.24) is 16.0 Å². The van der Waals surface area contributed by atoms with Crippen LogP contribution in [-0.4, -0.2) is 80.7 Å². The maximum absolute atomic E-state index is 13.6. The second kappa shape index (κ2) is 14.7. The molecule has 1 aromatic rings. The number of amides is 3. The van der Waals surface area contributed by atoms with E-state index in [4.69, 9.17) is 0 Å². The van der Waals surface area contributed by atoms with Gasteiger partial charge in [0.05, 0.1) is 46.3 Å². The summed E-state index contributed by atoms with van der Waals surface area (Å²) in [6, 6.07) is -1.06. The second-order valence-electron chi connectivity index (χ2n) is 8.95. The molecule has 0 bridgehead atoms. The lowest BCUT2D eigenvalue weighted by Gasteiger charge is -2.23. The predicted molar refractivity (Wildman–Crippen MR) is 125 cm³/mol. The highest BCUT2D eigenvalue weighted by Gasteiger charge is 2.26. The average molecular weight is 558 g/mol. The van der Waals surface area contributed by atoms with Crippen molar-refractivity contribution in [2.75, 3.05) is 46.5 Å². The Morgan fingerprint density at radius 3 is 1.97 bits per heavy atom. The first-order valence-corrected chi connectivity index (χ1v) is 11.7. The molecule has 9 nitrogen and oxygen atoms in total. The van der Waals surface area contributed by atoms with Crippen LogP contribution in [0.2, 0.25) is 0 Å². The number of nitrogens with one attached hydrogen (secondary N) is 3. The van der Waals surface area contributed by atoms with Gasteiger partial charge in [0.25, 0.3) is 0 Å². The van der Waals surface area contributed by atoms with Crippen molar-refractivity contribution in [2.45, 2.75) is 31.9 Å². The zero-order chi connectivity index (χ0) is 28.3. The van der Waals surface area contributed by atoms with Gasteiger partial charge in [-0.3, -0.25) is 19.2 Å². The summed E-state index contributed by atoms with van der Waals surface area (Å²) >= 11 is 3.99. The molecule has 37 heavy (non-hydrogen) atoms. The van der Waals surface area contributed by atoms with Crippen molar-refractivity contribution in [1.29, 1.82) is 0 Å². The van der Waals surface area contributed by atoms with E-state index in [-0.39, 0.29) is 25.1 Å². The zero-order valence-corrected chi connectivity index (χ0v) is 21.5. The molecule has 0 saturated carbocycles. The number of rotatable bonds is 14. The van der Waals surface area contributed by atoms with Gasteiger partial charge in [0.2, 0.25) is 23.5 Å². The van der Waals surface area contributed by atoms with Gasteiger partial charge in [-0.2, -0.15) is 12.6 Å². The Kier molecular flexibility index (Phi) is 12.8. The van der Waals surface area contributed by atoms with Crippen molar-refractivity contribution >= 4 is 36.3 Å². The molecule has 0 aliphatic heterocycles. The number of thiol groups is 1. The fourth-order valence-corrected chi connectivity index (χ4v) is 3.00. The molecule has 3 amide bonds. The minimum Gasteiger partial charge on any atom is -0.461 e. The molecule has 0 fully saturated rings. The first kappa shape index (κ1) is 32.1. The Morgan fingerprint density at radius 1 is 0.865 bits per heavy atom. The SMILES string of the molecule is C[N+](C)(C)CCNC(=O)CNC(=O)C(CS)NC(=O)CCCC(=O)OCc1c(F)c(F)c(F)c(F)c1F. The van der Waals surface area contributed by atoms with E-state index in [1.54, 1.807) is 0 Å². The van der Waals surface area contributed by atoms with Gasteiger partial charge in [-0.25, -0.2) is 22.0 Å². The molecule has 0 aliphatic carbocycles. The van der Waals surface area contributed by atoms with E-state index in [9.17, 15) is 41.1 Å². The molecule has 0 spiro atoms. The lowest BCUT2D eigenvalue weighted by atomic mass is 10.2. The Hall–Kier alpha value is -2.94. The molecule has 208 valence electrons. The fourth-order valence-electron chi connectivity index (χ4n) is 2.74. The lowest BCUT2D eigenvalue weighted by molar-refractivity contribution is -0.869. The van der Waals surface area contributed by atoms with Gasteiger partial charge < -0.3 is 25.2 Å². The van der Waals surface area contributed by atoms with Gasteiger partial charge in [-0.1, -0.05) is 0 Å². The minimum absolute atomic E-state index is 0.0787. The van der Waals surface area contributed by atoms with Crippen molar-refractivity contribution < 1.29 is 50.4 Å². The first-order chi connectivity index (χ1) is 17.2. The molecule has 1 atom stereocenters. The summed E-state index contributed by atoms with van der Waals surface area (Å²) in [5, 5.41) is 7.42. The quantitative estimate of drug-likeness (QED) is 0.0680. The molecule has 0 radical (unpaired) electrons. The molecule has 1 rings (SSSR count). The number of esters is 1. The Morgan fingerprint density at radius 2 is 1.43 bits per heavy atom. The third-order valence-corrected chi connectivity index (χ3v) is 5.19. The summed E-state index contributed by atoms with van der Waals surface area (Å²) in [5.74, 6) is -13.7. The van der Waals surface area contributed by atoms with Crippen LogP contribution in [0.1, 0.15) is 24.8 Å². The number of hydrogen-bond donors (Lipinski definition) is 4. The molecule has 1 aromatic carbocycles. The molecule has 0 aliphatic rings. The maximum atomic E-state index is 13.6. The average Bonchev–Trinajstić information content (AvgIpc) is 2.82. The van der Waals surface area contributed by atoms with Gasteiger partial charge in [-0.15, -0.1) is 0 Å². The van der Waals surface area contributed by atoms with Crippen LogP contribution < -0.4 is 16.0 Å². The third-order valence-electron chi connectivity index (χ3n) is 4.83. The van der Waals surface area contributed by atoms with Gasteiger partial charge in [-0.05, 0) is 6.42 Å². The highest BCUT2D eigenvalue weighted by atomic mass is 32.1. The van der Waals surface area contributed by atoms with E-state index >= 15 is 0 Å². The minimum atomic E-state index is -2.33. The van der Waals surface area contributed by atoms with E-state index in [2.05, 4.69) is 33.3 Å². The van der Waals surface area contributed by atoms with E-state index in [1.807, 2.05) is 21.1 Å². The van der Waals surface area contributed by atoms with Crippen LogP contribution in [0.15, 0.2) is 0 Å². The number of nitrogens with zero attached hydrogens (tertiary/aromatic N) is 1. The summed E-state index contributed by atoms with van der Waals surface area (Å²) in [6.07, 6.45) is -0.758. The summed E-state index contributed by atoms with van der Waals surface area (Å²) in [4.78, 5) is 47.8. The van der Waals surface area contributed by atoms with Crippen LogP contribution in [0.3, 0.4) is 0 Å². The van der Waals surface area contributed by atoms with Gasteiger partial charge in [0.15, 0.2) is 23.3 Å². The third kappa shape index (κ3) is 10.9. The Balaban J connectivity index is 2.41. The molecule has 1 unspecified atom stereocenters.